The molecule has 2 N–H and O–H groups in total. The van der Waals surface area contributed by atoms with Crippen LogP contribution in [0.25, 0.3) is 10.2 Å². The second kappa shape index (κ2) is 2.71. The Morgan fingerprint density at radius 1 is 1.54 bits per heavy atom. The van der Waals surface area contributed by atoms with Crippen molar-refractivity contribution in [1.82, 2.24) is 4.98 Å². The number of anilines is 1. The maximum absolute atomic E-state index is 8.74. The summed E-state index contributed by atoms with van der Waals surface area (Å²) in [5, 5.41) is 9.73. The highest BCUT2D eigenvalue weighted by Gasteiger charge is 2.04. The van der Waals surface area contributed by atoms with E-state index in [4.69, 9.17) is 11.0 Å². The highest BCUT2D eigenvalue weighted by molar-refractivity contribution is 7.18. The molecule has 0 bridgehead atoms. The van der Waals surface area contributed by atoms with Crippen LogP contribution in [0.3, 0.4) is 0 Å². The molecule has 0 radical (unpaired) electrons. The number of nitrogens with zero attached hydrogens (tertiary/aromatic N) is 2. The third-order valence-corrected chi connectivity index (χ3v) is 2.72. The van der Waals surface area contributed by atoms with Gasteiger partial charge in [-0.1, -0.05) is 0 Å². The number of hydrogen-bond acceptors (Lipinski definition) is 4. The molecule has 1 aromatic heterocycles. The van der Waals surface area contributed by atoms with Crippen LogP contribution in [0.5, 0.6) is 0 Å². The zero-order valence-electron chi connectivity index (χ0n) is 7.03. The van der Waals surface area contributed by atoms with Crippen LogP contribution in [0.1, 0.15) is 10.6 Å². The van der Waals surface area contributed by atoms with Gasteiger partial charge in [-0.25, -0.2) is 4.98 Å². The van der Waals surface area contributed by atoms with Gasteiger partial charge < -0.3 is 5.73 Å². The SMILES string of the molecule is Cc1nc2cc(N)c(C#N)cc2s1. The number of nitrogen functional groups attached to an aromatic ring is 1. The minimum absolute atomic E-state index is 0.500. The van der Waals surface area contributed by atoms with E-state index < -0.39 is 0 Å². The fourth-order valence-electron chi connectivity index (χ4n) is 1.20. The number of benzene rings is 1. The molecule has 0 fully saturated rings. The van der Waals surface area contributed by atoms with Crippen molar-refractivity contribution in [2.24, 2.45) is 0 Å². The van der Waals surface area contributed by atoms with E-state index in [-0.39, 0.29) is 0 Å². The largest absolute Gasteiger partial charge is 0.398 e. The quantitative estimate of drug-likeness (QED) is 0.645. The molecule has 0 spiro atoms. The van der Waals surface area contributed by atoms with Crippen LogP contribution in [-0.2, 0) is 0 Å². The minimum atomic E-state index is 0.500. The van der Waals surface area contributed by atoms with Gasteiger partial charge in [0, 0.05) is 0 Å². The molecular formula is C9H7N3S. The van der Waals surface area contributed by atoms with Gasteiger partial charge in [-0.3, -0.25) is 0 Å². The van der Waals surface area contributed by atoms with Gasteiger partial charge in [0.1, 0.15) is 6.07 Å². The first-order valence-electron chi connectivity index (χ1n) is 3.77. The van der Waals surface area contributed by atoms with E-state index in [1.165, 1.54) is 0 Å². The summed E-state index contributed by atoms with van der Waals surface area (Å²) in [5.41, 5.74) is 7.55. The topological polar surface area (TPSA) is 62.7 Å². The Bertz CT molecular complexity index is 507. The number of aryl methyl sites for hydroxylation is 1. The maximum Gasteiger partial charge on any atom is 0.101 e. The summed E-state index contributed by atoms with van der Waals surface area (Å²) in [6.07, 6.45) is 0. The van der Waals surface area contributed by atoms with Crippen molar-refractivity contribution in [2.45, 2.75) is 6.92 Å². The summed E-state index contributed by atoms with van der Waals surface area (Å²) in [7, 11) is 0. The Morgan fingerprint density at radius 2 is 2.31 bits per heavy atom. The van der Waals surface area contributed by atoms with Crippen LogP contribution in [0.15, 0.2) is 12.1 Å². The van der Waals surface area contributed by atoms with Gasteiger partial charge >= 0.3 is 0 Å². The van der Waals surface area contributed by atoms with Gasteiger partial charge in [0.15, 0.2) is 0 Å². The average molecular weight is 189 g/mol. The molecular weight excluding hydrogens is 182 g/mol. The standard InChI is InChI=1S/C9H7N3S/c1-5-12-8-3-7(11)6(4-10)2-9(8)13-5/h2-3H,11H2,1H3. The predicted octanol–water partition coefficient (Wildman–Crippen LogP) is 2.06. The van der Waals surface area contributed by atoms with Crippen LogP contribution in [-0.4, -0.2) is 4.98 Å². The molecule has 3 nitrogen and oxygen atoms in total. The smallest absolute Gasteiger partial charge is 0.101 e. The van der Waals surface area contributed by atoms with E-state index in [9.17, 15) is 0 Å². The normalized spacial score (nSPS) is 10.2. The van der Waals surface area contributed by atoms with Gasteiger partial charge in [0.25, 0.3) is 0 Å². The Kier molecular flexibility index (Phi) is 1.67. The van der Waals surface area contributed by atoms with Gasteiger partial charge in [-0.15, -0.1) is 11.3 Å². The lowest BCUT2D eigenvalue weighted by molar-refractivity contribution is 1.35. The molecule has 1 heterocycles. The van der Waals surface area contributed by atoms with Crippen LogP contribution in [0, 0.1) is 18.3 Å². The van der Waals surface area contributed by atoms with E-state index in [2.05, 4.69) is 11.1 Å². The number of nitrogens with two attached hydrogens (primary N) is 1. The lowest BCUT2D eigenvalue weighted by atomic mass is 10.2. The number of aromatic nitrogens is 1. The molecule has 1 aromatic carbocycles. The third kappa shape index (κ3) is 1.23. The van der Waals surface area contributed by atoms with Crippen LogP contribution < -0.4 is 5.73 Å². The van der Waals surface area contributed by atoms with Crippen LogP contribution in [0.2, 0.25) is 0 Å². The summed E-state index contributed by atoms with van der Waals surface area (Å²) in [5.74, 6) is 0. The zero-order chi connectivity index (χ0) is 9.42. The summed E-state index contributed by atoms with van der Waals surface area (Å²) in [4.78, 5) is 4.28. The van der Waals surface area contributed by atoms with Crippen LogP contribution in [0.4, 0.5) is 5.69 Å². The Hall–Kier alpha value is -1.60. The number of fused-ring (bicyclic) bond motifs is 1. The second-order valence-electron chi connectivity index (χ2n) is 2.75. The molecule has 64 valence electrons. The van der Waals surface area contributed by atoms with Crippen molar-refractivity contribution in [3.8, 4) is 6.07 Å². The van der Waals surface area contributed by atoms with Crippen molar-refractivity contribution in [3.05, 3.63) is 22.7 Å². The van der Waals surface area contributed by atoms with Crippen molar-refractivity contribution in [1.29, 1.82) is 5.26 Å². The second-order valence-corrected chi connectivity index (χ2v) is 3.99. The van der Waals surface area contributed by atoms with Gasteiger partial charge in [-0.2, -0.15) is 5.26 Å². The summed E-state index contributed by atoms with van der Waals surface area (Å²) in [6, 6.07) is 5.58. The number of nitriles is 1. The van der Waals surface area contributed by atoms with E-state index in [0.29, 0.717) is 11.3 Å². The molecule has 2 rings (SSSR count). The van der Waals surface area contributed by atoms with Crippen molar-refractivity contribution in [3.63, 3.8) is 0 Å². The minimum Gasteiger partial charge on any atom is -0.398 e. The molecule has 2 aromatic rings. The number of thiazole rings is 1. The van der Waals surface area contributed by atoms with Gasteiger partial charge in [0.05, 0.1) is 26.5 Å². The Labute approximate surface area is 79.4 Å². The number of hydrogen-bond donors (Lipinski definition) is 1. The molecule has 4 heteroatoms. The van der Waals surface area contributed by atoms with E-state index in [1.807, 2.05) is 6.92 Å². The van der Waals surface area contributed by atoms with Gasteiger partial charge in [0.2, 0.25) is 0 Å². The predicted molar refractivity (Wildman–Crippen MR) is 53.5 cm³/mol. The summed E-state index contributed by atoms with van der Waals surface area (Å²) >= 11 is 1.57. The van der Waals surface area contributed by atoms with Crippen LogP contribution >= 0.6 is 11.3 Å². The van der Waals surface area contributed by atoms with Crippen molar-refractivity contribution in [2.75, 3.05) is 5.73 Å². The van der Waals surface area contributed by atoms with E-state index in [0.717, 1.165) is 15.2 Å². The zero-order valence-corrected chi connectivity index (χ0v) is 7.85. The van der Waals surface area contributed by atoms with Crippen molar-refractivity contribution < 1.29 is 0 Å². The monoisotopic (exact) mass is 189 g/mol. The molecule has 0 amide bonds. The Morgan fingerprint density at radius 3 is 3.00 bits per heavy atom. The highest BCUT2D eigenvalue weighted by Crippen LogP contribution is 2.25. The molecule has 0 saturated carbocycles. The highest BCUT2D eigenvalue weighted by atomic mass is 32.1. The lowest BCUT2D eigenvalue weighted by Gasteiger charge is -1.94. The first-order valence-corrected chi connectivity index (χ1v) is 4.59. The van der Waals surface area contributed by atoms with E-state index in [1.54, 1.807) is 23.5 Å². The Balaban J connectivity index is 2.82. The number of rotatable bonds is 0. The molecule has 0 aliphatic heterocycles. The average Bonchev–Trinajstić information content (AvgIpc) is 2.42. The third-order valence-electron chi connectivity index (χ3n) is 1.79. The van der Waals surface area contributed by atoms with Gasteiger partial charge in [-0.05, 0) is 19.1 Å². The molecule has 0 aliphatic carbocycles. The fraction of sp³-hybridized carbons (Fsp3) is 0.111. The molecule has 0 saturated heterocycles. The maximum atomic E-state index is 8.74. The lowest BCUT2D eigenvalue weighted by Crippen LogP contribution is -1.89. The fourth-order valence-corrected chi connectivity index (χ4v) is 2.05. The molecule has 0 atom stereocenters. The molecule has 0 unspecified atom stereocenters. The van der Waals surface area contributed by atoms with Crippen molar-refractivity contribution >= 4 is 27.2 Å². The summed E-state index contributed by atoms with van der Waals surface area (Å²) in [6.45, 7) is 1.94. The first-order chi connectivity index (χ1) is 6.20. The molecule has 0 aliphatic rings. The van der Waals surface area contributed by atoms with E-state index >= 15 is 0 Å². The summed E-state index contributed by atoms with van der Waals surface area (Å²) < 4.78 is 1.02. The molecule has 13 heavy (non-hydrogen) atoms. The first kappa shape index (κ1) is 8.02.